The van der Waals surface area contributed by atoms with E-state index >= 15 is 0 Å². The largest absolute Gasteiger partial charge is 0.358 e. The van der Waals surface area contributed by atoms with Crippen molar-refractivity contribution in [3.63, 3.8) is 0 Å². The van der Waals surface area contributed by atoms with Gasteiger partial charge in [0.1, 0.15) is 0 Å². The number of hydrogen-bond donors (Lipinski definition) is 1. The molecular formula is C20H23N. The second-order valence-electron chi connectivity index (χ2n) is 5.48. The Morgan fingerprint density at radius 2 is 1.14 bits per heavy atom. The maximum Gasteiger partial charge on any atom is 0.0441 e. The third-order valence-corrected chi connectivity index (χ3v) is 3.64. The van der Waals surface area contributed by atoms with E-state index in [1.807, 2.05) is 12.1 Å². The van der Waals surface area contributed by atoms with Crippen LogP contribution in [0, 0.1) is 0 Å². The molecule has 0 aliphatic rings. The minimum Gasteiger partial charge on any atom is -0.358 e. The highest BCUT2D eigenvalue weighted by Gasteiger charge is 2.06. The molecule has 0 radical (unpaired) electrons. The number of benzene rings is 2. The summed E-state index contributed by atoms with van der Waals surface area (Å²) in [5.74, 6) is 0. The van der Waals surface area contributed by atoms with Crippen LogP contribution in [0.2, 0.25) is 0 Å². The van der Waals surface area contributed by atoms with Crippen molar-refractivity contribution in [2.24, 2.45) is 0 Å². The Morgan fingerprint density at radius 3 is 1.62 bits per heavy atom. The molecule has 108 valence electrons. The zero-order valence-corrected chi connectivity index (χ0v) is 13.3. The average Bonchev–Trinajstić information content (AvgIpc) is 2.53. The number of rotatable bonds is 4. The van der Waals surface area contributed by atoms with Gasteiger partial charge in [0.25, 0.3) is 0 Å². The Kier molecular flexibility index (Phi) is 4.99. The molecule has 0 aliphatic carbocycles. The Hall–Kier alpha value is -2.28. The molecule has 0 amide bonds. The van der Waals surface area contributed by atoms with Gasteiger partial charge in [-0.3, -0.25) is 0 Å². The predicted molar refractivity (Wildman–Crippen MR) is 92.6 cm³/mol. The van der Waals surface area contributed by atoms with Gasteiger partial charge in [-0.05, 0) is 44.4 Å². The number of nitrogens with one attached hydrogen (secondary N) is 1. The van der Waals surface area contributed by atoms with Crippen LogP contribution in [0.4, 0.5) is 0 Å². The van der Waals surface area contributed by atoms with Gasteiger partial charge in [-0.2, -0.15) is 0 Å². The SMILES string of the molecule is CC(C)=C(NC(C)=C(C)c1ccccc1)c1ccccc1. The second-order valence-corrected chi connectivity index (χ2v) is 5.48. The van der Waals surface area contributed by atoms with E-state index in [2.05, 4.69) is 81.5 Å². The van der Waals surface area contributed by atoms with Crippen molar-refractivity contribution >= 4 is 11.3 Å². The van der Waals surface area contributed by atoms with Gasteiger partial charge in [-0.25, -0.2) is 0 Å². The number of hydrogen-bond acceptors (Lipinski definition) is 1. The molecule has 0 unspecified atom stereocenters. The van der Waals surface area contributed by atoms with Gasteiger partial charge < -0.3 is 5.32 Å². The van der Waals surface area contributed by atoms with Crippen LogP contribution in [0.25, 0.3) is 11.3 Å². The fraction of sp³-hybridized carbons (Fsp3) is 0.200. The smallest absolute Gasteiger partial charge is 0.0441 e. The van der Waals surface area contributed by atoms with Gasteiger partial charge in [0.15, 0.2) is 0 Å². The molecule has 0 bridgehead atoms. The molecule has 0 saturated heterocycles. The van der Waals surface area contributed by atoms with E-state index in [1.54, 1.807) is 0 Å². The summed E-state index contributed by atoms with van der Waals surface area (Å²) in [4.78, 5) is 0. The summed E-state index contributed by atoms with van der Waals surface area (Å²) in [5, 5.41) is 3.59. The van der Waals surface area contributed by atoms with Crippen molar-refractivity contribution in [2.45, 2.75) is 27.7 Å². The first-order chi connectivity index (χ1) is 10.1. The lowest BCUT2D eigenvalue weighted by molar-refractivity contribution is 1.06. The molecule has 21 heavy (non-hydrogen) atoms. The van der Waals surface area contributed by atoms with Crippen LogP contribution in [-0.4, -0.2) is 0 Å². The predicted octanol–water partition coefficient (Wildman–Crippen LogP) is 5.48. The van der Waals surface area contributed by atoms with E-state index < -0.39 is 0 Å². The van der Waals surface area contributed by atoms with Crippen molar-refractivity contribution in [3.05, 3.63) is 83.1 Å². The maximum absolute atomic E-state index is 3.59. The van der Waals surface area contributed by atoms with Gasteiger partial charge in [-0.15, -0.1) is 0 Å². The Morgan fingerprint density at radius 1 is 0.667 bits per heavy atom. The Labute approximate surface area is 128 Å². The highest BCUT2D eigenvalue weighted by Crippen LogP contribution is 2.21. The quantitative estimate of drug-likeness (QED) is 0.780. The number of allylic oxidation sites excluding steroid dienone is 3. The van der Waals surface area contributed by atoms with Crippen LogP contribution in [0.1, 0.15) is 38.8 Å². The first-order valence-corrected chi connectivity index (χ1v) is 7.32. The van der Waals surface area contributed by atoms with Crippen molar-refractivity contribution in [1.82, 2.24) is 5.32 Å². The average molecular weight is 277 g/mol. The molecule has 1 nitrogen and oxygen atoms in total. The van der Waals surface area contributed by atoms with E-state index in [4.69, 9.17) is 0 Å². The summed E-state index contributed by atoms with van der Waals surface area (Å²) in [5.41, 5.74) is 7.39. The summed E-state index contributed by atoms with van der Waals surface area (Å²) in [7, 11) is 0. The highest BCUT2D eigenvalue weighted by molar-refractivity contribution is 5.73. The van der Waals surface area contributed by atoms with Gasteiger partial charge in [0.05, 0.1) is 0 Å². The lowest BCUT2D eigenvalue weighted by Crippen LogP contribution is -2.12. The summed E-state index contributed by atoms with van der Waals surface area (Å²) in [6.45, 7) is 8.57. The van der Waals surface area contributed by atoms with E-state index in [9.17, 15) is 0 Å². The van der Waals surface area contributed by atoms with Crippen LogP contribution in [0.3, 0.4) is 0 Å². The molecule has 0 saturated carbocycles. The van der Waals surface area contributed by atoms with Crippen LogP contribution in [0.15, 0.2) is 71.9 Å². The van der Waals surface area contributed by atoms with Crippen molar-refractivity contribution in [3.8, 4) is 0 Å². The topological polar surface area (TPSA) is 12.0 Å². The minimum atomic E-state index is 1.18. The Bertz CT molecular complexity index is 645. The van der Waals surface area contributed by atoms with Crippen molar-refractivity contribution in [1.29, 1.82) is 0 Å². The van der Waals surface area contributed by atoms with Gasteiger partial charge >= 0.3 is 0 Å². The zero-order chi connectivity index (χ0) is 15.2. The van der Waals surface area contributed by atoms with E-state index in [0.717, 1.165) is 0 Å². The van der Waals surface area contributed by atoms with Crippen molar-refractivity contribution < 1.29 is 0 Å². The fourth-order valence-corrected chi connectivity index (χ4v) is 2.28. The normalized spacial score (nSPS) is 11.6. The standard InChI is InChI=1S/C20H23N/c1-15(2)20(19-13-9-6-10-14-19)21-17(4)16(3)18-11-7-5-8-12-18/h5-14,21H,1-4H3. The Balaban J connectivity index is 2.33. The van der Waals surface area contributed by atoms with Gasteiger partial charge in [-0.1, -0.05) is 66.2 Å². The monoisotopic (exact) mass is 277 g/mol. The van der Waals surface area contributed by atoms with Crippen LogP contribution >= 0.6 is 0 Å². The first kappa shape index (κ1) is 15.1. The summed E-state index contributed by atoms with van der Waals surface area (Å²) in [6.07, 6.45) is 0. The molecule has 0 spiro atoms. The molecule has 2 aromatic carbocycles. The molecular weight excluding hydrogens is 254 g/mol. The summed E-state index contributed by atoms with van der Waals surface area (Å²) < 4.78 is 0. The van der Waals surface area contributed by atoms with Crippen LogP contribution in [-0.2, 0) is 0 Å². The third-order valence-electron chi connectivity index (χ3n) is 3.64. The molecule has 2 rings (SSSR count). The molecule has 0 atom stereocenters. The van der Waals surface area contributed by atoms with Crippen LogP contribution < -0.4 is 5.32 Å². The fourth-order valence-electron chi connectivity index (χ4n) is 2.28. The maximum atomic E-state index is 3.59. The molecule has 0 aromatic heterocycles. The van der Waals surface area contributed by atoms with E-state index in [0.29, 0.717) is 0 Å². The highest BCUT2D eigenvalue weighted by atomic mass is 14.9. The zero-order valence-electron chi connectivity index (χ0n) is 13.3. The molecule has 0 aliphatic heterocycles. The van der Waals surface area contributed by atoms with Crippen LogP contribution in [0.5, 0.6) is 0 Å². The minimum absolute atomic E-state index is 1.18. The third kappa shape index (κ3) is 3.85. The lowest BCUT2D eigenvalue weighted by atomic mass is 10.0. The van der Waals surface area contributed by atoms with Gasteiger partial charge in [0, 0.05) is 11.4 Å². The van der Waals surface area contributed by atoms with E-state index in [-0.39, 0.29) is 0 Å². The second kappa shape index (κ2) is 6.94. The molecule has 1 heteroatoms. The first-order valence-electron chi connectivity index (χ1n) is 7.32. The molecule has 2 aromatic rings. The molecule has 1 N–H and O–H groups in total. The summed E-state index contributed by atoms with van der Waals surface area (Å²) in [6, 6.07) is 21.0. The van der Waals surface area contributed by atoms with Crippen molar-refractivity contribution in [2.75, 3.05) is 0 Å². The lowest BCUT2D eigenvalue weighted by Gasteiger charge is -2.16. The summed E-state index contributed by atoms with van der Waals surface area (Å²) >= 11 is 0. The molecule has 0 heterocycles. The molecule has 0 fully saturated rings. The van der Waals surface area contributed by atoms with E-state index in [1.165, 1.54) is 33.7 Å². The van der Waals surface area contributed by atoms with Gasteiger partial charge in [0.2, 0.25) is 0 Å².